The van der Waals surface area contributed by atoms with Crippen LogP contribution < -0.4 is 0 Å². The summed E-state index contributed by atoms with van der Waals surface area (Å²) in [6.45, 7) is 3.10. The Morgan fingerprint density at radius 3 is 1.58 bits per heavy atom. The predicted molar refractivity (Wildman–Crippen MR) is 237 cm³/mol. The number of allylic oxidation sites excluding steroid dienone is 1. The Morgan fingerprint density at radius 1 is 0.593 bits per heavy atom. The van der Waals surface area contributed by atoms with Crippen molar-refractivity contribution >= 4 is 43.6 Å². The number of aromatic nitrogens is 5. The summed E-state index contributed by atoms with van der Waals surface area (Å²) in [6, 6.07) is 59.3. The molecule has 1 radical (unpaired) electrons. The molecule has 291 valence electrons. The van der Waals surface area contributed by atoms with Gasteiger partial charge in [-0.05, 0) is 78.2 Å². The standard InChI is InChI=1S/C24H16N2.C22H14N3.C5H10O2.Ir/c1-3-7-17(8-4-1)19-13-15-25-23-21(19)11-12-22-20(14-16-26-24(22)23)18-9-5-2-6-10-18;1-2-8-16(9-3-1)19-14-22(24-15-23-19)25-20-12-6-4-10-17(20)18-11-5-7-13-21(18)25;1-4(6)3-5(2)7;/h1-16H;1-8,10-15H;3-4,6-7H,1-2H3;/q;-1;;. The third-order valence-electron chi connectivity index (χ3n) is 9.72. The van der Waals surface area contributed by atoms with E-state index < -0.39 is 6.10 Å². The second-order valence-corrected chi connectivity index (χ2v) is 13.8. The van der Waals surface area contributed by atoms with E-state index in [9.17, 15) is 0 Å². The molecule has 10 rings (SSSR count). The average Bonchev–Trinajstić information content (AvgIpc) is 3.61. The quantitative estimate of drug-likeness (QED) is 0.101. The summed E-state index contributed by atoms with van der Waals surface area (Å²) in [4.78, 5) is 18.3. The minimum absolute atomic E-state index is 0. The van der Waals surface area contributed by atoms with Crippen molar-refractivity contribution in [3.63, 3.8) is 0 Å². The second kappa shape index (κ2) is 18.6. The fraction of sp³-hybridized carbons (Fsp3) is 0.0588. The Kier molecular flexibility index (Phi) is 12.7. The molecule has 0 bridgehead atoms. The minimum Gasteiger partial charge on any atom is -0.513 e. The molecule has 1 atom stereocenters. The molecule has 8 heteroatoms. The summed E-state index contributed by atoms with van der Waals surface area (Å²) < 4.78 is 2.19. The molecular weight excluding hydrogens is 907 g/mol. The molecule has 4 aromatic heterocycles. The Hall–Kier alpha value is -6.83. The SMILES string of the molecule is CC(O)=CC(C)O.[Ir].[c-]1ccccc1-c1cc(-n2c3ccccc3c3ccccc32)ncn1.c1ccc(-c2ccnc3c2ccc2c(-c4ccccc4)ccnc23)cc1. The first-order chi connectivity index (χ1) is 28.5. The summed E-state index contributed by atoms with van der Waals surface area (Å²) in [5, 5.41) is 21.6. The molecule has 0 amide bonds. The fourth-order valence-corrected chi connectivity index (χ4v) is 7.25. The van der Waals surface area contributed by atoms with Gasteiger partial charge < -0.3 is 10.2 Å². The van der Waals surface area contributed by atoms with Gasteiger partial charge in [-0.2, -0.15) is 0 Å². The molecule has 7 nitrogen and oxygen atoms in total. The van der Waals surface area contributed by atoms with Crippen molar-refractivity contribution in [3.05, 3.63) is 200 Å². The van der Waals surface area contributed by atoms with E-state index in [1.54, 1.807) is 13.3 Å². The number of hydrogen-bond acceptors (Lipinski definition) is 6. The molecule has 0 aliphatic rings. The summed E-state index contributed by atoms with van der Waals surface area (Å²) in [7, 11) is 0. The molecule has 0 fully saturated rings. The van der Waals surface area contributed by atoms with Gasteiger partial charge >= 0.3 is 0 Å². The Labute approximate surface area is 356 Å². The van der Waals surface area contributed by atoms with E-state index >= 15 is 0 Å². The van der Waals surface area contributed by atoms with Crippen molar-refractivity contribution in [2.45, 2.75) is 20.0 Å². The zero-order valence-electron chi connectivity index (χ0n) is 32.4. The molecule has 4 heterocycles. The van der Waals surface area contributed by atoms with Gasteiger partial charge in [0, 0.05) is 54.0 Å². The maximum absolute atomic E-state index is 8.49. The first-order valence-corrected chi connectivity index (χ1v) is 19.1. The number of benzene rings is 6. The number of aliphatic hydroxyl groups excluding tert-OH is 2. The number of hydrogen-bond donors (Lipinski definition) is 2. The normalized spacial score (nSPS) is 11.6. The van der Waals surface area contributed by atoms with Gasteiger partial charge in [-0.25, -0.2) is 4.98 Å². The van der Waals surface area contributed by atoms with Gasteiger partial charge in [0.25, 0.3) is 0 Å². The molecule has 0 aliphatic heterocycles. The number of nitrogens with zero attached hydrogens (tertiary/aromatic N) is 5. The number of rotatable bonds is 5. The van der Waals surface area contributed by atoms with Gasteiger partial charge in [-0.1, -0.05) is 109 Å². The molecular formula is C51H40IrN5O2-. The summed E-state index contributed by atoms with van der Waals surface area (Å²) >= 11 is 0. The Balaban J connectivity index is 0.000000153. The van der Waals surface area contributed by atoms with Crippen LogP contribution in [0.4, 0.5) is 0 Å². The third-order valence-corrected chi connectivity index (χ3v) is 9.72. The van der Waals surface area contributed by atoms with Crippen LogP contribution in [0, 0.1) is 6.07 Å². The summed E-state index contributed by atoms with van der Waals surface area (Å²) in [5.41, 5.74) is 10.8. The molecule has 10 aromatic rings. The first kappa shape index (κ1) is 40.4. The second-order valence-electron chi connectivity index (χ2n) is 13.8. The van der Waals surface area contributed by atoms with Gasteiger partial charge in [-0.3, -0.25) is 19.5 Å². The summed E-state index contributed by atoms with van der Waals surface area (Å²) in [5.74, 6) is 1.02. The zero-order valence-corrected chi connectivity index (χ0v) is 34.8. The molecule has 0 saturated carbocycles. The maximum Gasteiger partial charge on any atom is 0.132 e. The van der Waals surface area contributed by atoms with Crippen LogP contribution >= 0.6 is 0 Å². The zero-order chi connectivity index (χ0) is 39.8. The first-order valence-electron chi connectivity index (χ1n) is 19.1. The fourth-order valence-electron chi connectivity index (χ4n) is 7.25. The minimum atomic E-state index is -0.537. The van der Waals surface area contributed by atoms with E-state index in [0.29, 0.717) is 0 Å². The Bertz CT molecular complexity index is 2850. The van der Waals surface area contributed by atoms with Gasteiger partial charge in [-0.15, -0.1) is 35.9 Å². The van der Waals surface area contributed by atoms with Crippen LogP contribution in [0.3, 0.4) is 0 Å². The maximum atomic E-state index is 8.49. The molecule has 0 aliphatic carbocycles. The molecule has 59 heavy (non-hydrogen) atoms. The van der Waals surface area contributed by atoms with Crippen LogP contribution in [-0.4, -0.2) is 40.8 Å². The van der Waals surface area contributed by atoms with E-state index in [2.05, 4.69) is 152 Å². The molecule has 1 unspecified atom stereocenters. The van der Waals surface area contributed by atoms with Crippen molar-refractivity contribution in [3.8, 4) is 39.3 Å². The largest absolute Gasteiger partial charge is 0.513 e. The van der Waals surface area contributed by atoms with Crippen LogP contribution in [-0.2, 0) is 20.1 Å². The van der Waals surface area contributed by atoms with Gasteiger partial charge in [0.2, 0.25) is 0 Å². The molecule has 2 N–H and O–H groups in total. The van der Waals surface area contributed by atoms with E-state index in [1.807, 2.05) is 54.9 Å². The summed E-state index contributed by atoms with van der Waals surface area (Å²) in [6.07, 6.45) is 6.20. The van der Waals surface area contributed by atoms with Crippen LogP contribution in [0.25, 0.3) is 82.9 Å². The van der Waals surface area contributed by atoms with Gasteiger partial charge in [0.15, 0.2) is 0 Å². The van der Waals surface area contributed by atoms with E-state index in [-0.39, 0.29) is 25.9 Å². The van der Waals surface area contributed by atoms with Crippen molar-refractivity contribution in [2.24, 2.45) is 0 Å². The van der Waals surface area contributed by atoms with Crippen molar-refractivity contribution in [1.82, 2.24) is 24.5 Å². The smallest absolute Gasteiger partial charge is 0.132 e. The average molecular weight is 947 g/mol. The topological polar surface area (TPSA) is 97.0 Å². The van der Waals surface area contributed by atoms with E-state index in [0.717, 1.165) is 49.9 Å². The van der Waals surface area contributed by atoms with Crippen LogP contribution in [0.1, 0.15) is 13.8 Å². The van der Waals surface area contributed by atoms with Crippen LogP contribution in [0.2, 0.25) is 0 Å². The Morgan fingerprint density at radius 2 is 1.10 bits per heavy atom. The monoisotopic (exact) mass is 947 g/mol. The number of para-hydroxylation sites is 2. The predicted octanol–water partition coefficient (Wildman–Crippen LogP) is 12.0. The van der Waals surface area contributed by atoms with Crippen molar-refractivity contribution in [1.29, 1.82) is 0 Å². The number of aliphatic hydroxyl groups is 2. The van der Waals surface area contributed by atoms with Crippen LogP contribution in [0.15, 0.2) is 194 Å². The van der Waals surface area contributed by atoms with Crippen LogP contribution in [0.5, 0.6) is 0 Å². The molecule has 0 saturated heterocycles. The molecule has 6 aromatic carbocycles. The number of pyridine rings is 2. The van der Waals surface area contributed by atoms with E-state index in [4.69, 9.17) is 10.2 Å². The molecule has 0 spiro atoms. The van der Waals surface area contributed by atoms with Gasteiger partial charge in [0.1, 0.15) is 12.1 Å². The van der Waals surface area contributed by atoms with Crippen molar-refractivity contribution < 1.29 is 30.3 Å². The van der Waals surface area contributed by atoms with Crippen molar-refractivity contribution in [2.75, 3.05) is 0 Å². The van der Waals surface area contributed by atoms with Gasteiger partial charge in [0.05, 0.1) is 33.9 Å². The number of fused-ring (bicyclic) bond motifs is 6. The van der Waals surface area contributed by atoms with E-state index in [1.165, 1.54) is 46.0 Å². The third kappa shape index (κ3) is 8.86.